The molecule has 0 aliphatic carbocycles. The second-order valence-electron chi connectivity index (χ2n) is 1.42. The van der Waals surface area contributed by atoms with Crippen molar-refractivity contribution in [1.82, 2.24) is 0 Å². The average Bonchev–Trinajstić information content (AvgIpc) is 2.44. The molecule has 1 fully saturated rings. The predicted octanol–water partition coefficient (Wildman–Crippen LogP) is 0.193. The van der Waals surface area contributed by atoms with Gasteiger partial charge in [-0.2, -0.15) is 0 Å². The first-order chi connectivity index (χ1) is 3.34. The summed E-state index contributed by atoms with van der Waals surface area (Å²) in [5.41, 5.74) is 0. The zero-order valence-electron chi connectivity index (χ0n) is 3.69. The Balaban J connectivity index is 2.24. The minimum atomic E-state index is -0.155. The van der Waals surface area contributed by atoms with Gasteiger partial charge in [-0.15, -0.1) is 11.6 Å². The van der Waals surface area contributed by atoms with Crippen LogP contribution in [0.1, 0.15) is 0 Å². The molecule has 3 heteroatoms. The molecule has 2 nitrogen and oxygen atoms in total. The fourth-order valence-corrected chi connectivity index (χ4v) is 0.492. The van der Waals surface area contributed by atoms with Gasteiger partial charge < -0.3 is 4.74 Å². The summed E-state index contributed by atoms with van der Waals surface area (Å²) in [4.78, 5) is 10.3. The number of ketones is 1. The molecule has 0 aromatic heterocycles. The zero-order chi connectivity index (χ0) is 5.28. The lowest BCUT2D eigenvalue weighted by atomic mass is 10.3. The molecule has 0 radical (unpaired) electrons. The van der Waals surface area contributed by atoms with Crippen LogP contribution in [0.2, 0.25) is 0 Å². The van der Waals surface area contributed by atoms with Crippen molar-refractivity contribution in [3.8, 4) is 0 Å². The third kappa shape index (κ3) is 1.14. The van der Waals surface area contributed by atoms with Gasteiger partial charge in [0.2, 0.25) is 0 Å². The highest BCUT2D eigenvalue weighted by Gasteiger charge is 2.29. The highest BCUT2D eigenvalue weighted by molar-refractivity contribution is 6.28. The van der Waals surface area contributed by atoms with Crippen LogP contribution in [0.15, 0.2) is 0 Å². The van der Waals surface area contributed by atoms with Crippen LogP contribution in [0.3, 0.4) is 0 Å². The molecule has 0 aromatic rings. The molecule has 1 rings (SSSR count). The summed E-state index contributed by atoms with van der Waals surface area (Å²) in [6, 6.07) is 0. The van der Waals surface area contributed by atoms with Gasteiger partial charge in [0.05, 0.1) is 12.5 Å². The molecule has 1 saturated heterocycles. The molecule has 0 unspecified atom stereocenters. The van der Waals surface area contributed by atoms with Crippen molar-refractivity contribution in [3.05, 3.63) is 0 Å². The summed E-state index contributed by atoms with van der Waals surface area (Å²) >= 11 is 5.16. The molecular formula is C4H5ClO2. The second kappa shape index (κ2) is 1.80. The number of Topliss-reactive ketones (excluding diaryl/α,β-unsaturated/α-hetero) is 1. The Kier molecular flexibility index (Phi) is 1.30. The Labute approximate surface area is 46.4 Å². The third-order valence-electron chi connectivity index (χ3n) is 0.824. The standard InChI is InChI=1S/C4H5ClO2/c5-1-3(6)4-2-7-4/h4H,1-2H2/t4-/m0/s1. The Morgan fingerprint density at radius 2 is 2.57 bits per heavy atom. The third-order valence-corrected chi connectivity index (χ3v) is 1.09. The Hall–Kier alpha value is -0.0800. The van der Waals surface area contributed by atoms with Gasteiger partial charge in [-0.1, -0.05) is 0 Å². The molecule has 1 aliphatic heterocycles. The number of carbonyl (C=O) groups excluding carboxylic acids is 1. The molecule has 1 atom stereocenters. The van der Waals surface area contributed by atoms with Crippen LogP contribution in [-0.2, 0) is 9.53 Å². The van der Waals surface area contributed by atoms with E-state index in [1.54, 1.807) is 0 Å². The van der Waals surface area contributed by atoms with Crippen LogP contribution in [0.4, 0.5) is 0 Å². The van der Waals surface area contributed by atoms with Crippen molar-refractivity contribution in [3.63, 3.8) is 0 Å². The first-order valence-corrected chi connectivity index (χ1v) is 2.58. The molecule has 0 bridgehead atoms. The number of halogens is 1. The van der Waals surface area contributed by atoms with E-state index < -0.39 is 0 Å². The van der Waals surface area contributed by atoms with E-state index in [0.29, 0.717) is 6.61 Å². The molecule has 0 aromatic carbocycles. The van der Waals surface area contributed by atoms with Crippen LogP contribution < -0.4 is 0 Å². The zero-order valence-corrected chi connectivity index (χ0v) is 4.44. The highest BCUT2D eigenvalue weighted by Crippen LogP contribution is 2.09. The number of hydrogen-bond acceptors (Lipinski definition) is 2. The van der Waals surface area contributed by atoms with E-state index in [-0.39, 0.29) is 17.8 Å². The summed E-state index contributed by atoms with van der Waals surface area (Å²) in [6.45, 7) is 0.575. The molecular weight excluding hydrogens is 115 g/mol. The first kappa shape index (κ1) is 5.06. The minimum absolute atomic E-state index is 0.00154. The van der Waals surface area contributed by atoms with Crippen LogP contribution in [-0.4, -0.2) is 24.4 Å². The quantitative estimate of drug-likeness (QED) is 0.385. The van der Waals surface area contributed by atoms with Crippen molar-refractivity contribution in [2.24, 2.45) is 0 Å². The summed E-state index contributed by atoms with van der Waals surface area (Å²) in [5, 5.41) is 0. The molecule has 1 aliphatic rings. The number of alkyl halides is 1. The maximum atomic E-state index is 10.3. The second-order valence-corrected chi connectivity index (χ2v) is 1.69. The lowest BCUT2D eigenvalue weighted by molar-refractivity contribution is -0.117. The van der Waals surface area contributed by atoms with E-state index in [0.717, 1.165) is 0 Å². The maximum Gasteiger partial charge on any atom is 0.178 e. The van der Waals surface area contributed by atoms with E-state index in [1.807, 2.05) is 0 Å². The van der Waals surface area contributed by atoms with Crippen molar-refractivity contribution in [2.75, 3.05) is 12.5 Å². The van der Waals surface area contributed by atoms with Crippen molar-refractivity contribution in [2.45, 2.75) is 6.10 Å². The van der Waals surface area contributed by atoms with Gasteiger partial charge in [-0.3, -0.25) is 4.79 Å². The van der Waals surface area contributed by atoms with E-state index >= 15 is 0 Å². The molecule has 40 valence electrons. The fraction of sp³-hybridized carbons (Fsp3) is 0.750. The smallest absolute Gasteiger partial charge is 0.178 e. The number of rotatable bonds is 2. The minimum Gasteiger partial charge on any atom is -0.365 e. The first-order valence-electron chi connectivity index (χ1n) is 2.05. The largest absolute Gasteiger partial charge is 0.365 e. The van der Waals surface area contributed by atoms with E-state index in [2.05, 4.69) is 4.74 Å². The maximum absolute atomic E-state index is 10.3. The molecule has 7 heavy (non-hydrogen) atoms. The summed E-state index contributed by atoms with van der Waals surface area (Å²) in [5.74, 6) is 0.0895. The molecule has 0 saturated carbocycles. The SMILES string of the molecule is O=C(CCl)[C@@H]1CO1. The van der Waals surface area contributed by atoms with Gasteiger partial charge in [0.1, 0.15) is 6.10 Å². The summed E-state index contributed by atoms with van der Waals surface area (Å²) in [6.07, 6.45) is -0.155. The average molecular weight is 121 g/mol. The number of epoxide rings is 1. The van der Waals surface area contributed by atoms with Crippen LogP contribution in [0.5, 0.6) is 0 Å². The van der Waals surface area contributed by atoms with E-state index in [4.69, 9.17) is 11.6 Å². The van der Waals surface area contributed by atoms with Crippen LogP contribution >= 0.6 is 11.6 Å². The van der Waals surface area contributed by atoms with Gasteiger partial charge in [-0.05, 0) is 0 Å². The van der Waals surface area contributed by atoms with Crippen LogP contribution in [0.25, 0.3) is 0 Å². The van der Waals surface area contributed by atoms with E-state index in [1.165, 1.54) is 0 Å². The van der Waals surface area contributed by atoms with Gasteiger partial charge >= 0.3 is 0 Å². The molecule has 0 spiro atoms. The number of carbonyl (C=O) groups is 1. The lowest BCUT2D eigenvalue weighted by Crippen LogP contribution is -2.06. The molecule has 0 N–H and O–H groups in total. The van der Waals surface area contributed by atoms with Gasteiger partial charge in [0, 0.05) is 0 Å². The van der Waals surface area contributed by atoms with Gasteiger partial charge in [0.25, 0.3) is 0 Å². The van der Waals surface area contributed by atoms with Crippen LogP contribution in [0, 0.1) is 0 Å². The Morgan fingerprint density at radius 1 is 2.00 bits per heavy atom. The molecule has 0 amide bonds. The highest BCUT2D eigenvalue weighted by atomic mass is 35.5. The monoisotopic (exact) mass is 120 g/mol. The van der Waals surface area contributed by atoms with Gasteiger partial charge in [-0.25, -0.2) is 0 Å². The van der Waals surface area contributed by atoms with Crippen molar-refractivity contribution in [1.29, 1.82) is 0 Å². The predicted molar refractivity (Wildman–Crippen MR) is 25.5 cm³/mol. The fourth-order valence-electron chi connectivity index (χ4n) is 0.320. The molecule has 1 heterocycles. The summed E-state index contributed by atoms with van der Waals surface area (Å²) < 4.78 is 4.63. The number of ether oxygens (including phenoxy) is 1. The van der Waals surface area contributed by atoms with E-state index in [9.17, 15) is 4.79 Å². The summed E-state index contributed by atoms with van der Waals surface area (Å²) in [7, 11) is 0. The van der Waals surface area contributed by atoms with Crippen molar-refractivity contribution < 1.29 is 9.53 Å². The van der Waals surface area contributed by atoms with Gasteiger partial charge in [0.15, 0.2) is 5.78 Å². The number of hydrogen-bond donors (Lipinski definition) is 0. The van der Waals surface area contributed by atoms with Crippen molar-refractivity contribution >= 4 is 17.4 Å². The normalized spacial score (nSPS) is 27.3. The Bertz CT molecular complexity index is 87.7. The lowest BCUT2D eigenvalue weighted by Gasteiger charge is -1.79. The Morgan fingerprint density at radius 3 is 2.71 bits per heavy atom. The topological polar surface area (TPSA) is 29.6 Å².